The van der Waals surface area contributed by atoms with Crippen LogP contribution in [0.2, 0.25) is 0 Å². The van der Waals surface area contributed by atoms with Crippen LogP contribution in [0.3, 0.4) is 0 Å². The Hall–Kier alpha value is -1.61. The molecule has 0 spiro atoms. The zero-order chi connectivity index (χ0) is 12.9. The van der Waals surface area contributed by atoms with E-state index in [0.29, 0.717) is 0 Å². The summed E-state index contributed by atoms with van der Waals surface area (Å²) in [5.74, 6) is -0.375. The molecule has 0 aromatic heterocycles. The molecule has 0 aliphatic heterocycles. The van der Waals surface area contributed by atoms with E-state index in [-0.39, 0.29) is 12.1 Å². The minimum absolute atomic E-state index is 0.324. The molecule has 1 aromatic rings. The van der Waals surface area contributed by atoms with Gasteiger partial charge in [-0.25, -0.2) is 4.79 Å². The van der Waals surface area contributed by atoms with Crippen LogP contribution in [0.15, 0.2) is 36.4 Å². The number of carbonyl (C=O) groups excluding carboxylic acids is 1. The maximum absolute atomic E-state index is 11.5. The average Bonchev–Trinajstić information content (AvgIpc) is 2.26. The van der Waals surface area contributed by atoms with Crippen molar-refractivity contribution in [1.29, 1.82) is 0 Å². The summed E-state index contributed by atoms with van der Waals surface area (Å²) < 4.78 is 5.19. The molecule has 0 bridgehead atoms. The van der Waals surface area contributed by atoms with Gasteiger partial charge in [0.2, 0.25) is 0 Å². The highest BCUT2D eigenvalue weighted by Crippen LogP contribution is 2.09. The predicted molar refractivity (Wildman–Crippen MR) is 69.3 cm³/mol. The van der Waals surface area contributed by atoms with Crippen LogP contribution in [0, 0.1) is 0 Å². The van der Waals surface area contributed by atoms with Crippen LogP contribution in [-0.2, 0) is 9.53 Å². The highest BCUT2D eigenvalue weighted by atomic mass is 16.5. The molecule has 0 radical (unpaired) electrons. The number of ether oxygens (including phenoxy) is 1. The molecular formula is C14H19NO2. The molecule has 0 amide bonds. The minimum Gasteiger partial charge on any atom is -0.458 e. The smallest absolute Gasteiger partial charge is 0.331 e. The second-order valence-corrected chi connectivity index (χ2v) is 4.64. The van der Waals surface area contributed by atoms with Crippen LogP contribution in [0.4, 0.5) is 0 Å². The lowest BCUT2D eigenvalue weighted by Gasteiger charge is -2.26. The quantitative estimate of drug-likeness (QED) is 0.641. The van der Waals surface area contributed by atoms with E-state index in [0.717, 1.165) is 5.56 Å². The molecule has 3 heteroatoms. The van der Waals surface area contributed by atoms with E-state index in [1.54, 1.807) is 13.0 Å². The van der Waals surface area contributed by atoms with Crippen LogP contribution in [-0.4, -0.2) is 17.6 Å². The average molecular weight is 233 g/mol. The summed E-state index contributed by atoms with van der Waals surface area (Å²) in [4.78, 5) is 11.5. The van der Waals surface area contributed by atoms with Crippen LogP contribution in [0.5, 0.6) is 0 Å². The molecule has 0 aliphatic rings. The maximum atomic E-state index is 11.5. The molecule has 2 N–H and O–H groups in total. The van der Waals surface area contributed by atoms with E-state index in [2.05, 4.69) is 0 Å². The summed E-state index contributed by atoms with van der Waals surface area (Å²) in [7, 11) is 0. The van der Waals surface area contributed by atoms with Gasteiger partial charge < -0.3 is 10.5 Å². The summed E-state index contributed by atoms with van der Waals surface area (Å²) in [6.07, 6.45) is 2.81. The van der Waals surface area contributed by atoms with E-state index >= 15 is 0 Å². The van der Waals surface area contributed by atoms with Gasteiger partial charge in [-0.3, -0.25) is 0 Å². The first-order valence-corrected chi connectivity index (χ1v) is 5.62. The SMILES string of the molecule is CC(OC(=O)C=Cc1ccccc1)C(C)(C)N. The summed E-state index contributed by atoms with van der Waals surface area (Å²) >= 11 is 0. The number of benzene rings is 1. The Bertz CT molecular complexity index is 390. The fourth-order valence-corrected chi connectivity index (χ4v) is 1.09. The van der Waals surface area contributed by atoms with Crippen molar-refractivity contribution in [3.8, 4) is 0 Å². The minimum atomic E-state index is -0.532. The summed E-state index contributed by atoms with van der Waals surface area (Å²) in [6, 6.07) is 9.59. The van der Waals surface area contributed by atoms with E-state index < -0.39 is 5.54 Å². The molecule has 0 heterocycles. The van der Waals surface area contributed by atoms with Crippen LogP contribution in [0.1, 0.15) is 26.3 Å². The Morgan fingerprint density at radius 3 is 2.47 bits per heavy atom. The largest absolute Gasteiger partial charge is 0.458 e. The van der Waals surface area contributed by atoms with Crippen molar-refractivity contribution in [2.24, 2.45) is 5.73 Å². The van der Waals surface area contributed by atoms with Gasteiger partial charge >= 0.3 is 5.97 Å². The fourth-order valence-electron chi connectivity index (χ4n) is 1.09. The molecule has 1 aromatic carbocycles. The zero-order valence-corrected chi connectivity index (χ0v) is 10.5. The monoisotopic (exact) mass is 233 g/mol. The van der Waals surface area contributed by atoms with E-state index in [4.69, 9.17) is 10.5 Å². The van der Waals surface area contributed by atoms with Gasteiger partial charge in [-0.2, -0.15) is 0 Å². The lowest BCUT2D eigenvalue weighted by Crippen LogP contribution is -2.45. The van der Waals surface area contributed by atoms with Crippen molar-refractivity contribution < 1.29 is 9.53 Å². The van der Waals surface area contributed by atoms with Gasteiger partial charge in [0.05, 0.1) is 0 Å². The van der Waals surface area contributed by atoms with E-state index in [9.17, 15) is 4.79 Å². The number of nitrogens with two attached hydrogens (primary N) is 1. The number of carbonyl (C=O) groups is 1. The molecule has 3 nitrogen and oxygen atoms in total. The van der Waals surface area contributed by atoms with Gasteiger partial charge in [0, 0.05) is 11.6 Å². The molecule has 1 unspecified atom stereocenters. The van der Waals surface area contributed by atoms with Crippen molar-refractivity contribution in [3.05, 3.63) is 42.0 Å². The molecule has 0 saturated carbocycles. The second kappa shape index (κ2) is 5.64. The third-order valence-corrected chi connectivity index (χ3v) is 2.55. The summed E-state index contributed by atoms with van der Waals surface area (Å²) in [5.41, 5.74) is 6.26. The first kappa shape index (κ1) is 13.5. The third kappa shape index (κ3) is 4.83. The van der Waals surface area contributed by atoms with E-state index in [1.165, 1.54) is 6.08 Å². The van der Waals surface area contributed by atoms with Gasteiger partial charge in [0.1, 0.15) is 6.10 Å². The molecular weight excluding hydrogens is 214 g/mol. The van der Waals surface area contributed by atoms with Gasteiger partial charge in [0.15, 0.2) is 0 Å². The summed E-state index contributed by atoms with van der Waals surface area (Å²) in [6.45, 7) is 5.44. The van der Waals surface area contributed by atoms with Crippen molar-refractivity contribution in [2.45, 2.75) is 32.4 Å². The van der Waals surface area contributed by atoms with Crippen molar-refractivity contribution in [3.63, 3.8) is 0 Å². The second-order valence-electron chi connectivity index (χ2n) is 4.64. The Morgan fingerprint density at radius 1 is 1.35 bits per heavy atom. The summed E-state index contributed by atoms with van der Waals surface area (Å²) in [5, 5.41) is 0. The number of hydrogen-bond donors (Lipinski definition) is 1. The molecule has 1 rings (SSSR count). The first-order valence-electron chi connectivity index (χ1n) is 5.62. The van der Waals surface area contributed by atoms with E-state index in [1.807, 2.05) is 44.2 Å². The Kier molecular flexibility index (Phi) is 4.46. The fraction of sp³-hybridized carbons (Fsp3) is 0.357. The molecule has 92 valence electrons. The van der Waals surface area contributed by atoms with Gasteiger partial charge in [0.25, 0.3) is 0 Å². The predicted octanol–water partition coefficient (Wildman–Crippen LogP) is 2.37. The highest BCUT2D eigenvalue weighted by molar-refractivity contribution is 5.87. The first-order chi connectivity index (χ1) is 7.89. The number of esters is 1. The molecule has 17 heavy (non-hydrogen) atoms. The Morgan fingerprint density at radius 2 is 1.94 bits per heavy atom. The van der Waals surface area contributed by atoms with Crippen LogP contribution >= 0.6 is 0 Å². The zero-order valence-electron chi connectivity index (χ0n) is 10.5. The van der Waals surface area contributed by atoms with Gasteiger partial charge in [-0.1, -0.05) is 30.3 Å². The van der Waals surface area contributed by atoms with Gasteiger partial charge in [-0.05, 0) is 32.4 Å². The molecule has 0 fully saturated rings. The lowest BCUT2D eigenvalue weighted by atomic mass is 10.0. The Labute approximate surface area is 102 Å². The number of hydrogen-bond acceptors (Lipinski definition) is 3. The maximum Gasteiger partial charge on any atom is 0.331 e. The van der Waals surface area contributed by atoms with Crippen molar-refractivity contribution >= 4 is 12.0 Å². The standard InChI is InChI=1S/C14H19NO2/c1-11(14(2,3)15)17-13(16)10-9-12-7-5-4-6-8-12/h4-11H,15H2,1-3H3. The lowest BCUT2D eigenvalue weighted by molar-refractivity contribution is -0.144. The molecule has 0 saturated heterocycles. The van der Waals surface area contributed by atoms with Crippen LogP contribution in [0.25, 0.3) is 6.08 Å². The normalized spacial score (nSPS) is 13.6. The van der Waals surface area contributed by atoms with Crippen molar-refractivity contribution in [1.82, 2.24) is 0 Å². The Balaban J connectivity index is 2.54. The molecule has 1 atom stereocenters. The number of rotatable bonds is 4. The highest BCUT2D eigenvalue weighted by Gasteiger charge is 2.23. The molecule has 0 aliphatic carbocycles. The third-order valence-electron chi connectivity index (χ3n) is 2.55. The van der Waals surface area contributed by atoms with Gasteiger partial charge in [-0.15, -0.1) is 0 Å². The van der Waals surface area contributed by atoms with Crippen molar-refractivity contribution in [2.75, 3.05) is 0 Å². The topological polar surface area (TPSA) is 52.3 Å². The van der Waals surface area contributed by atoms with Crippen LogP contribution < -0.4 is 5.73 Å².